The summed E-state index contributed by atoms with van der Waals surface area (Å²) in [5.41, 5.74) is 2.16. The van der Waals surface area contributed by atoms with Crippen molar-refractivity contribution in [2.75, 3.05) is 25.6 Å². The number of hydrogen-bond acceptors (Lipinski definition) is 4. The van der Waals surface area contributed by atoms with E-state index in [0.29, 0.717) is 34.7 Å². The molecule has 4 rings (SSSR count). The van der Waals surface area contributed by atoms with Crippen molar-refractivity contribution in [3.63, 3.8) is 0 Å². The van der Waals surface area contributed by atoms with Crippen LogP contribution in [0.2, 0.25) is 0 Å². The van der Waals surface area contributed by atoms with Crippen molar-refractivity contribution in [2.45, 2.75) is 38.6 Å². The topological polar surface area (TPSA) is 67.9 Å². The first-order valence-electron chi connectivity index (χ1n) is 10.5. The van der Waals surface area contributed by atoms with Gasteiger partial charge in [-0.05, 0) is 61.9 Å². The van der Waals surface area contributed by atoms with Crippen LogP contribution in [0.1, 0.15) is 41.6 Å². The van der Waals surface area contributed by atoms with E-state index < -0.39 is 0 Å². The number of likely N-dealkylation sites (tertiary alicyclic amines) is 1. The predicted molar refractivity (Wildman–Crippen MR) is 115 cm³/mol. The first kappa shape index (κ1) is 20.3. The molecular weight excluding hydrogens is 380 g/mol. The number of carbonyl (C=O) groups is 2. The zero-order valence-electron chi connectivity index (χ0n) is 17.5. The normalized spacial score (nSPS) is 20.0. The smallest absolute Gasteiger partial charge is 0.262 e. The van der Waals surface area contributed by atoms with E-state index in [9.17, 15) is 9.59 Å². The molecule has 0 unspecified atom stereocenters. The number of ether oxygens (including phenoxy) is 2. The van der Waals surface area contributed by atoms with E-state index in [0.717, 1.165) is 24.9 Å². The van der Waals surface area contributed by atoms with Gasteiger partial charge in [0.15, 0.2) is 18.1 Å². The number of nitrogens with one attached hydrogen (secondary N) is 1. The molecule has 0 spiro atoms. The first-order valence-corrected chi connectivity index (χ1v) is 10.5. The molecule has 6 nitrogen and oxygen atoms in total. The van der Waals surface area contributed by atoms with E-state index in [2.05, 4.69) is 5.32 Å². The van der Waals surface area contributed by atoms with Crippen molar-refractivity contribution in [3.8, 4) is 11.5 Å². The number of carbonyl (C=O) groups excluding carboxylic acids is 2. The SMILES string of the molecule is COc1ccccc1OCC(=O)Nc1cc(C(=O)N2C[C@@H]3CCC[C@H]2C3)ccc1C. The molecule has 1 N–H and O–H groups in total. The lowest BCUT2D eigenvalue weighted by Crippen LogP contribution is -2.35. The highest BCUT2D eigenvalue weighted by atomic mass is 16.5. The van der Waals surface area contributed by atoms with Crippen LogP contribution in [0.4, 0.5) is 5.69 Å². The minimum atomic E-state index is -0.286. The van der Waals surface area contributed by atoms with Crippen LogP contribution in [0.5, 0.6) is 11.5 Å². The highest BCUT2D eigenvalue weighted by Gasteiger charge is 2.38. The Balaban J connectivity index is 1.42. The summed E-state index contributed by atoms with van der Waals surface area (Å²) in [5, 5.41) is 2.87. The minimum Gasteiger partial charge on any atom is -0.493 e. The van der Waals surface area contributed by atoms with E-state index in [4.69, 9.17) is 9.47 Å². The van der Waals surface area contributed by atoms with Crippen LogP contribution in [-0.4, -0.2) is 43.0 Å². The fourth-order valence-electron chi connectivity index (χ4n) is 4.51. The maximum Gasteiger partial charge on any atom is 0.262 e. The molecule has 2 aliphatic rings. The average Bonchev–Trinajstić information content (AvgIpc) is 3.06. The lowest BCUT2D eigenvalue weighted by Gasteiger charge is -2.25. The maximum absolute atomic E-state index is 13.1. The molecule has 0 aromatic heterocycles. The van der Waals surface area contributed by atoms with Gasteiger partial charge in [-0.3, -0.25) is 9.59 Å². The van der Waals surface area contributed by atoms with Gasteiger partial charge in [-0.1, -0.05) is 24.6 Å². The Morgan fingerprint density at radius 1 is 1.13 bits per heavy atom. The van der Waals surface area contributed by atoms with Gasteiger partial charge in [0.2, 0.25) is 0 Å². The number of amides is 2. The summed E-state index contributed by atoms with van der Waals surface area (Å²) in [5.74, 6) is 1.50. The van der Waals surface area contributed by atoms with E-state index >= 15 is 0 Å². The summed E-state index contributed by atoms with van der Waals surface area (Å²) in [6.07, 6.45) is 4.65. The Kier molecular flexibility index (Phi) is 5.93. The molecule has 30 heavy (non-hydrogen) atoms. The number of fused-ring (bicyclic) bond motifs is 2. The molecule has 1 aliphatic heterocycles. The van der Waals surface area contributed by atoms with Gasteiger partial charge in [0.1, 0.15) is 0 Å². The minimum absolute atomic E-state index is 0.0603. The molecule has 2 aromatic carbocycles. The number of rotatable bonds is 6. The van der Waals surface area contributed by atoms with Gasteiger partial charge in [-0.25, -0.2) is 0 Å². The van der Waals surface area contributed by atoms with Crippen molar-refractivity contribution < 1.29 is 19.1 Å². The number of para-hydroxylation sites is 2. The van der Waals surface area contributed by atoms with Gasteiger partial charge in [-0.15, -0.1) is 0 Å². The third-order valence-corrected chi connectivity index (χ3v) is 6.10. The lowest BCUT2D eigenvalue weighted by molar-refractivity contribution is -0.118. The second-order valence-corrected chi connectivity index (χ2v) is 8.16. The molecule has 0 radical (unpaired) electrons. The second-order valence-electron chi connectivity index (χ2n) is 8.16. The molecule has 1 aliphatic carbocycles. The fraction of sp³-hybridized carbons (Fsp3) is 0.417. The molecular formula is C24H28N2O4. The summed E-state index contributed by atoms with van der Waals surface area (Å²) >= 11 is 0. The highest BCUT2D eigenvalue weighted by Crippen LogP contribution is 2.36. The quantitative estimate of drug-likeness (QED) is 0.783. The van der Waals surface area contributed by atoms with Gasteiger partial charge in [0.05, 0.1) is 7.11 Å². The van der Waals surface area contributed by atoms with Crippen molar-refractivity contribution in [1.82, 2.24) is 4.90 Å². The molecule has 2 fully saturated rings. The molecule has 2 aromatic rings. The van der Waals surface area contributed by atoms with Crippen LogP contribution in [0, 0.1) is 12.8 Å². The van der Waals surface area contributed by atoms with Gasteiger partial charge in [-0.2, -0.15) is 0 Å². The summed E-state index contributed by atoms with van der Waals surface area (Å²) < 4.78 is 10.8. The summed E-state index contributed by atoms with van der Waals surface area (Å²) in [4.78, 5) is 27.6. The predicted octanol–water partition coefficient (Wildman–Crippen LogP) is 4.04. The maximum atomic E-state index is 13.1. The molecule has 1 heterocycles. The summed E-state index contributed by atoms with van der Waals surface area (Å²) in [7, 11) is 1.56. The Morgan fingerprint density at radius 2 is 1.93 bits per heavy atom. The van der Waals surface area contributed by atoms with Gasteiger partial charge < -0.3 is 19.7 Å². The Hall–Kier alpha value is -3.02. The van der Waals surface area contributed by atoms with Crippen molar-refractivity contribution >= 4 is 17.5 Å². The van der Waals surface area contributed by atoms with Crippen LogP contribution < -0.4 is 14.8 Å². The number of aryl methyl sites for hydroxylation is 1. The summed E-state index contributed by atoms with van der Waals surface area (Å²) in [6, 6.07) is 13.1. The zero-order chi connectivity index (χ0) is 21.1. The van der Waals surface area contributed by atoms with E-state index in [1.807, 2.05) is 36.1 Å². The van der Waals surface area contributed by atoms with Crippen LogP contribution in [0.15, 0.2) is 42.5 Å². The highest BCUT2D eigenvalue weighted by molar-refractivity contribution is 5.98. The molecule has 158 valence electrons. The molecule has 1 saturated carbocycles. The van der Waals surface area contributed by atoms with Gasteiger partial charge in [0, 0.05) is 23.8 Å². The Morgan fingerprint density at radius 3 is 2.70 bits per heavy atom. The van der Waals surface area contributed by atoms with Crippen molar-refractivity contribution in [1.29, 1.82) is 0 Å². The van der Waals surface area contributed by atoms with E-state index in [-0.39, 0.29) is 18.4 Å². The van der Waals surface area contributed by atoms with Crippen LogP contribution in [-0.2, 0) is 4.79 Å². The molecule has 1 saturated heterocycles. The Bertz CT molecular complexity index is 943. The number of anilines is 1. The Labute approximate surface area is 177 Å². The fourth-order valence-corrected chi connectivity index (χ4v) is 4.51. The monoisotopic (exact) mass is 408 g/mol. The number of hydrogen-bond donors (Lipinski definition) is 1. The van der Waals surface area contributed by atoms with E-state index in [1.165, 1.54) is 12.8 Å². The third-order valence-electron chi connectivity index (χ3n) is 6.10. The third kappa shape index (κ3) is 4.27. The number of methoxy groups -OCH3 is 1. The average molecular weight is 408 g/mol. The molecule has 2 atom stereocenters. The van der Waals surface area contributed by atoms with Gasteiger partial charge >= 0.3 is 0 Å². The van der Waals surface area contributed by atoms with Crippen LogP contribution in [0.3, 0.4) is 0 Å². The van der Waals surface area contributed by atoms with Crippen LogP contribution in [0.25, 0.3) is 0 Å². The lowest BCUT2D eigenvalue weighted by atomic mass is 9.90. The molecule has 2 amide bonds. The largest absolute Gasteiger partial charge is 0.493 e. The summed E-state index contributed by atoms with van der Waals surface area (Å²) in [6.45, 7) is 2.62. The van der Waals surface area contributed by atoms with Crippen molar-refractivity contribution in [3.05, 3.63) is 53.6 Å². The van der Waals surface area contributed by atoms with E-state index in [1.54, 1.807) is 25.3 Å². The first-order chi connectivity index (χ1) is 14.5. The molecule has 6 heteroatoms. The zero-order valence-corrected chi connectivity index (χ0v) is 17.5. The van der Waals surface area contributed by atoms with Crippen molar-refractivity contribution in [2.24, 2.45) is 5.92 Å². The number of benzene rings is 2. The standard InChI is InChI=1S/C24H28N2O4/c1-16-10-11-18(24(28)26-14-17-6-5-7-19(26)12-17)13-20(16)25-23(27)15-30-22-9-4-3-8-21(22)29-2/h3-4,8-11,13,17,19H,5-7,12,14-15H2,1-2H3,(H,25,27)/t17-,19+/m1/s1. The molecule has 2 bridgehead atoms. The number of nitrogens with zero attached hydrogens (tertiary/aromatic N) is 1. The van der Waals surface area contributed by atoms with Crippen LogP contribution >= 0.6 is 0 Å². The second kappa shape index (κ2) is 8.78. The van der Waals surface area contributed by atoms with Gasteiger partial charge in [0.25, 0.3) is 11.8 Å².